The van der Waals surface area contributed by atoms with Crippen molar-refractivity contribution < 1.29 is 9.59 Å². The van der Waals surface area contributed by atoms with Gasteiger partial charge in [0.25, 0.3) is 0 Å². The van der Waals surface area contributed by atoms with E-state index in [1.54, 1.807) is 11.3 Å². The average Bonchev–Trinajstić information content (AvgIpc) is 3.20. The topological polar surface area (TPSA) is 75.2 Å². The number of nitrogens with one attached hydrogen (secondary N) is 1. The fourth-order valence-corrected chi connectivity index (χ4v) is 4.62. The van der Waals surface area contributed by atoms with Crippen molar-refractivity contribution in [3.05, 3.63) is 26.9 Å². The Hall–Kier alpha value is -1.80. The van der Waals surface area contributed by atoms with Crippen LogP contribution in [0.25, 0.3) is 0 Å². The fourth-order valence-electron chi connectivity index (χ4n) is 2.76. The van der Waals surface area contributed by atoms with E-state index in [2.05, 4.69) is 40.8 Å². The molecule has 1 N–H and O–H groups in total. The molecule has 0 radical (unpaired) electrons. The van der Waals surface area contributed by atoms with Gasteiger partial charge in [0.05, 0.1) is 0 Å². The van der Waals surface area contributed by atoms with Gasteiger partial charge in [0, 0.05) is 37.2 Å². The van der Waals surface area contributed by atoms with Gasteiger partial charge in [0.2, 0.25) is 16.9 Å². The third-order valence-electron chi connectivity index (χ3n) is 4.02. The maximum Gasteiger partial charge on any atom is 0.226 e. The van der Waals surface area contributed by atoms with Crippen LogP contribution >= 0.6 is 22.7 Å². The molecule has 0 saturated carbocycles. The number of carbonyl (C=O) groups is 2. The van der Waals surface area contributed by atoms with Crippen LogP contribution in [0.3, 0.4) is 0 Å². The Morgan fingerprint density at radius 2 is 2.16 bits per heavy atom. The van der Waals surface area contributed by atoms with Gasteiger partial charge in [-0.3, -0.25) is 9.59 Å². The average molecular weight is 379 g/mol. The molecule has 0 bridgehead atoms. The van der Waals surface area contributed by atoms with Gasteiger partial charge in [-0.25, -0.2) is 0 Å². The van der Waals surface area contributed by atoms with Crippen LogP contribution in [0.4, 0.5) is 5.13 Å². The molecule has 0 saturated heterocycles. The highest BCUT2D eigenvalue weighted by molar-refractivity contribution is 7.15. The minimum atomic E-state index is -0.186. The highest BCUT2D eigenvalue weighted by Crippen LogP contribution is 2.24. The lowest BCUT2D eigenvalue weighted by Gasteiger charge is -2.27. The molecule has 25 heavy (non-hydrogen) atoms. The van der Waals surface area contributed by atoms with Gasteiger partial charge in [-0.1, -0.05) is 25.2 Å². The number of amides is 2. The second-order valence-electron chi connectivity index (χ2n) is 6.58. The van der Waals surface area contributed by atoms with Crippen LogP contribution in [0.2, 0.25) is 0 Å². The maximum absolute atomic E-state index is 12.3. The lowest BCUT2D eigenvalue weighted by Crippen LogP contribution is -2.35. The maximum atomic E-state index is 12.3. The molecule has 3 rings (SSSR count). The summed E-state index contributed by atoms with van der Waals surface area (Å²) in [6.45, 7) is 5.63. The summed E-state index contributed by atoms with van der Waals surface area (Å²) in [5, 5.41) is 14.3. The normalized spacial score (nSPS) is 13.8. The van der Waals surface area contributed by atoms with Crippen molar-refractivity contribution in [1.82, 2.24) is 15.1 Å². The first-order valence-corrected chi connectivity index (χ1v) is 10.2. The highest BCUT2D eigenvalue weighted by Gasteiger charge is 2.22. The van der Waals surface area contributed by atoms with Crippen molar-refractivity contribution in [3.63, 3.8) is 0 Å². The third-order valence-corrected chi connectivity index (χ3v) is 5.91. The first-order chi connectivity index (χ1) is 12.0. The molecule has 0 unspecified atom stereocenters. The van der Waals surface area contributed by atoms with Gasteiger partial charge < -0.3 is 10.2 Å². The Kier molecular flexibility index (Phi) is 5.80. The zero-order chi connectivity index (χ0) is 17.8. The number of nitrogens with zero attached hydrogens (tertiary/aromatic N) is 3. The van der Waals surface area contributed by atoms with E-state index in [1.165, 1.54) is 21.8 Å². The quantitative estimate of drug-likeness (QED) is 0.838. The number of aromatic nitrogens is 2. The van der Waals surface area contributed by atoms with Gasteiger partial charge in [-0.05, 0) is 29.3 Å². The standard InChI is InChI=1S/C17H22N4O2S2/c1-11(2)9-15-19-20-17(25-15)18-14(22)3-4-16(23)21-7-5-13-12(10-21)6-8-24-13/h6,8,11H,3-5,7,9-10H2,1-2H3,(H,18,20,22). The minimum absolute atomic E-state index is 0.0322. The lowest BCUT2D eigenvalue weighted by molar-refractivity contribution is -0.133. The van der Waals surface area contributed by atoms with Crippen LogP contribution in [0, 0.1) is 5.92 Å². The summed E-state index contributed by atoms with van der Waals surface area (Å²) in [6, 6.07) is 2.08. The molecular weight excluding hydrogens is 356 g/mol. The van der Waals surface area contributed by atoms with E-state index in [-0.39, 0.29) is 24.7 Å². The van der Waals surface area contributed by atoms with Crippen molar-refractivity contribution >= 4 is 39.6 Å². The molecule has 0 atom stereocenters. The number of anilines is 1. The summed E-state index contributed by atoms with van der Waals surface area (Å²) in [7, 11) is 0. The summed E-state index contributed by atoms with van der Waals surface area (Å²) in [4.78, 5) is 27.6. The van der Waals surface area contributed by atoms with E-state index in [9.17, 15) is 9.59 Å². The van der Waals surface area contributed by atoms with E-state index in [4.69, 9.17) is 0 Å². The molecule has 6 nitrogen and oxygen atoms in total. The number of hydrogen-bond donors (Lipinski definition) is 1. The van der Waals surface area contributed by atoms with E-state index in [0.29, 0.717) is 17.6 Å². The van der Waals surface area contributed by atoms with Crippen LogP contribution in [-0.4, -0.2) is 33.5 Å². The lowest BCUT2D eigenvalue weighted by atomic mass is 10.1. The van der Waals surface area contributed by atoms with E-state index < -0.39 is 0 Å². The molecule has 0 fully saturated rings. The Bertz CT molecular complexity index is 753. The SMILES string of the molecule is CC(C)Cc1nnc(NC(=O)CCC(=O)N2CCc3sccc3C2)s1. The summed E-state index contributed by atoms with van der Waals surface area (Å²) in [6.07, 6.45) is 2.16. The summed E-state index contributed by atoms with van der Waals surface area (Å²) in [5.74, 6) is 0.348. The molecular formula is C17H22N4O2S2. The number of rotatable bonds is 6. The molecule has 0 aliphatic carbocycles. The zero-order valence-electron chi connectivity index (χ0n) is 14.4. The summed E-state index contributed by atoms with van der Waals surface area (Å²) >= 11 is 3.15. The fraction of sp³-hybridized carbons (Fsp3) is 0.529. The number of fused-ring (bicyclic) bond motifs is 1. The van der Waals surface area contributed by atoms with Gasteiger partial charge in [-0.2, -0.15) is 0 Å². The monoisotopic (exact) mass is 378 g/mol. The Labute approximate surface area is 155 Å². The predicted molar refractivity (Wildman–Crippen MR) is 99.8 cm³/mol. The van der Waals surface area contributed by atoms with Crippen LogP contribution < -0.4 is 5.32 Å². The van der Waals surface area contributed by atoms with E-state index in [0.717, 1.165) is 24.4 Å². The number of thiophene rings is 1. The Morgan fingerprint density at radius 1 is 1.32 bits per heavy atom. The Morgan fingerprint density at radius 3 is 2.96 bits per heavy atom. The van der Waals surface area contributed by atoms with Crippen LogP contribution in [-0.2, 0) is 29.0 Å². The van der Waals surface area contributed by atoms with Crippen molar-refractivity contribution in [3.8, 4) is 0 Å². The van der Waals surface area contributed by atoms with Gasteiger partial charge in [0.15, 0.2) is 0 Å². The Balaban J connectivity index is 1.44. The molecule has 1 aliphatic heterocycles. The largest absolute Gasteiger partial charge is 0.338 e. The molecule has 3 heterocycles. The molecule has 2 aromatic heterocycles. The third kappa shape index (κ3) is 4.85. The van der Waals surface area contributed by atoms with Crippen molar-refractivity contribution in [2.45, 2.75) is 46.1 Å². The molecule has 0 aromatic carbocycles. The summed E-state index contributed by atoms with van der Waals surface area (Å²) in [5.41, 5.74) is 1.24. The van der Waals surface area contributed by atoms with Crippen LogP contribution in [0.15, 0.2) is 11.4 Å². The molecule has 0 spiro atoms. The first kappa shape index (κ1) is 18.0. The molecule has 8 heteroatoms. The van der Waals surface area contributed by atoms with Gasteiger partial charge in [-0.15, -0.1) is 21.5 Å². The van der Waals surface area contributed by atoms with E-state index >= 15 is 0 Å². The van der Waals surface area contributed by atoms with Gasteiger partial charge >= 0.3 is 0 Å². The van der Waals surface area contributed by atoms with Gasteiger partial charge in [0.1, 0.15) is 5.01 Å². The van der Waals surface area contributed by atoms with Crippen molar-refractivity contribution in [2.24, 2.45) is 5.92 Å². The predicted octanol–water partition coefficient (Wildman–Crippen LogP) is 3.10. The molecule has 134 valence electrons. The molecule has 1 aliphatic rings. The molecule has 2 aromatic rings. The van der Waals surface area contributed by atoms with Crippen LogP contribution in [0.5, 0.6) is 0 Å². The second kappa shape index (κ2) is 8.05. The summed E-state index contributed by atoms with van der Waals surface area (Å²) < 4.78 is 0. The van der Waals surface area contributed by atoms with E-state index in [1.807, 2.05) is 4.90 Å². The highest BCUT2D eigenvalue weighted by atomic mass is 32.1. The number of carbonyl (C=O) groups excluding carboxylic acids is 2. The van der Waals surface area contributed by atoms with Crippen molar-refractivity contribution in [2.75, 3.05) is 11.9 Å². The zero-order valence-corrected chi connectivity index (χ0v) is 16.1. The number of hydrogen-bond acceptors (Lipinski definition) is 6. The molecule has 2 amide bonds. The first-order valence-electron chi connectivity index (χ1n) is 8.46. The van der Waals surface area contributed by atoms with Crippen LogP contribution in [0.1, 0.15) is 42.1 Å². The second-order valence-corrected chi connectivity index (χ2v) is 8.64. The van der Waals surface area contributed by atoms with Crippen molar-refractivity contribution in [1.29, 1.82) is 0 Å². The smallest absolute Gasteiger partial charge is 0.226 e. The minimum Gasteiger partial charge on any atom is -0.338 e.